The van der Waals surface area contributed by atoms with Gasteiger partial charge in [-0.2, -0.15) is 0 Å². The molecule has 4 aromatic rings. The lowest BCUT2D eigenvalue weighted by atomic mass is 10.0. The van der Waals surface area contributed by atoms with Crippen LogP contribution in [0.4, 0.5) is 28.6 Å². The largest absolute Gasteiger partial charge is 0.378 e. The van der Waals surface area contributed by atoms with Crippen LogP contribution in [0.25, 0.3) is 12.2 Å². The third-order valence-corrected chi connectivity index (χ3v) is 5.60. The number of rotatable bonds is 7. The Hall–Kier alpha value is -4.23. The minimum atomic E-state index is 0.635. The van der Waals surface area contributed by atoms with E-state index in [0.717, 1.165) is 47.0 Å². The second kappa shape index (κ2) is 10.6. The van der Waals surface area contributed by atoms with Gasteiger partial charge in [0.25, 0.3) is 0 Å². The number of benzene rings is 3. The first-order valence-electron chi connectivity index (χ1n) is 11.3. The average Bonchev–Trinajstić information content (AvgIpc) is 2.91. The van der Waals surface area contributed by atoms with Gasteiger partial charge in [0, 0.05) is 30.4 Å². The maximum Gasteiger partial charge on any atom is 0.156 e. The Bertz CT molecular complexity index is 1230. The van der Waals surface area contributed by atoms with Crippen LogP contribution in [0.2, 0.25) is 0 Å². The number of para-hydroxylation sites is 1. The van der Waals surface area contributed by atoms with E-state index in [4.69, 9.17) is 4.74 Å². The molecule has 0 amide bonds. The molecule has 7 heteroatoms. The van der Waals surface area contributed by atoms with Crippen LogP contribution in [0.3, 0.4) is 0 Å². The van der Waals surface area contributed by atoms with E-state index in [1.165, 1.54) is 0 Å². The molecule has 3 aromatic carbocycles. The SMILES string of the molecule is C(=Cc1ccc(Nc2ccccc2)c(N2CCOCC2)c1Nc1ccnnn1)c1ccccc1. The van der Waals surface area contributed by atoms with E-state index in [9.17, 15) is 0 Å². The number of hydrogen-bond acceptors (Lipinski definition) is 7. The Morgan fingerprint density at radius 3 is 2.29 bits per heavy atom. The molecule has 34 heavy (non-hydrogen) atoms. The lowest BCUT2D eigenvalue weighted by Gasteiger charge is -2.33. The van der Waals surface area contributed by atoms with Crippen LogP contribution in [0.1, 0.15) is 11.1 Å². The van der Waals surface area contributed by atoms with Crippen LogP contribution in [0, 0.1) is 0 Å². The summed E-state index contributed by atoms with van der Waals surface area (Å²) in [6.45, 7) is 2.96. The van der Waals surface area contributed by atoms with Crippen LogP contribution in [0.15, 0.2) is 85.1 Å². The molecule has 5 rings (SSSR count). The molecule has 7 nitrogen and oxygen atoms in total. The van der Waals surface area contributed by atoms with E-state index in [1.54, 1.807) is 6.20 Å². The third-order valence-electron chi connectivity index (χ3n) is 5.60. The summed E-state index contributed by atoms with van der Waals surface area (Å²) in [6.07, 6.45) is 5.88. The van der Waals surface area contributed by atoms with E-state index >= 15 is 0 Å². The van der Waals surface area contributed by atoms with Crippen molar-refractivity contribution in [3.8, 4) is 0 Å². The minimum Gasteiger partial charge on any atom is -0.378 e. The van der Waals surface area contributed by atoms with Crippen molar-refractivity contribution in [2.75, 3.05) is 41.8 Å². The topological polar surface area (TPSA) is 75.2 Å². The quantitative estimate of drug-likeness (QED) is 0.367. The summed E-state index contributed by atoms with van der Waals surface area (Å²) in [5, 5.41) is 18.9. The van der Waals surface area contributed by atoms with Crippen molar-refractivity contribution < 1.29 is 4.74 Å². The molecule has 1 aliphatic heterocycles. The molecule has 0 atom stereocenters. The first-order valence-corrected chi connectivity index (χ1v) is 11.3. The van der Waals surface area contributed by atoms with Gasteiger partial charge in [-0.1, -0.05) is 66.7 Å². The molecule has 170 valence electrons. The van der Waals surface area contributed by atoms with Gasteiger partial charge in [0.05, 0.1) is 36.5 Å². The number of hydrogen-bond donors (Lipinski definition) is 2. The fourth-order valence-electron chi connectivity index (χ4n) is 3.96. The lowest BCUT2D eigenvalue weighted by molar-refractivity contribution is 0.123. The van der Waals surface area contributed by atoms with E-state index in [-0.39, 0.29) is 0 Å². The van der Waals surface area contributed by atoms with Gasteiger partial charge >= 0.3 is 0 Å². The van der Waals surface area contributed by atoms with Gasteiger partial charge in [-0.05, 0) is 29.0 Å². The standard InChI is InChI=1S/C27H26N6O/c1-3-7-21(8-4-1)11-12-22-13-14-24(29-23-9-5-2-6-10-23)27(33-17-19-34-20-18-33)26(22)30-25-15-16-28-32-31-25/h1-16,29H,17-20H2,(H,28,30,31). The summed E-state index contributed by atoms with van der Waals surface area (Å²) < 4.78 is 5.65. The van der Waals surface area contributed by atoms with Crippen LogP contribution in [-0.2, 0) is 4.74 Å². The van der Waals surface area contributed by atoms with Gasteiger partial charge in [0.1, 0.15) is 0 Å². The molecule has 0 aliphatic carbocycles. The molecule has 0 radical (unpaired) electrons. The zero-order valence-electron chi connectivity index (χ0n) is 18.8. The maximum absolute atomic E-state index is 5.65. The molecule has 0 unspecified atom stereocenters. The highest BCUT2D eigenvalue weighted by Gasteiger charge is 2.21. The fourth-order valence-corrected chi connectivity index (χ4v) is 3.96. The van der Waals surface area contributed by atoms with Gasteiger partial charge in [0.2, 0.25) is 0 Å². The Morgan fingerprint density at radius 1 is 0.794 bits per heavy atom. The highest BCUT2D eigenvalue weighted by Crippen LogP contribution is 2.41. The van der Waals surface area contributed by atoms with E-state index in [0.29, 0.717) is 19.0 Å². The molecule has 1 aromatic heterocycles. The van der Waals surface area contributed by atoms with Crippen molar-refractivity contribution in [3.63, 3.8) is 0 Å². The summed E-state index contributed by atoms with van der Waals surface area (Å²) in [6, 6.07) is 26.5. The predicted octanol–water partition coefficient (Wildman–Crippen LogP) is 5.37. The van der Waals surface area contributed by atoms with Crippen molar-refractivity contribution in [2.24, 2.45) is 0 Å². The van der Waals surface area contributed by atoms with Gasteiger partial charge in [0.15, 0.2) is 5.82 Å². The Kier molecular flexibility index (Phi) is 6.73. The molecule has 0 saturated carbocycles. The average molecular weight is 451 g/mol. The van der Waals surface area contributed by atoms with Crippen LogP contribution < -0.4 is 15.5 Å². The van der Waals surface area contributed by atoms with Crippen molar-refractivity contribution in [1.29, 1.82) is 0 Å². The fraction of sp³-hybridized carbons (Fsp3) is 0.148. The number of morpholine rings is 1. The van der Waals surface area contributed by atoms with Gasteiger partial charge in [-0.25, -0.2) is 0 Å². The van der Waals surface area contributed by atoms with E-state index in [2.05, 4.69) is 79.5 Å². The van der Waals surface area contributed by atoms with E-state index in [1.807, 2.05) is 42.5 Å². The molecule has 1 aliphatic rings. The summed E-state index contributed by atoms with van der Waals surface area (Å²) in [5.41, 5.74) is 6.24. The summed E-state index contributed by atoms with van der Waals surface area (Å²) >= 11 is 0. The minimum absolute atomic E-state index is 0.635. The van der Waals surface area contributed by atoms with E-state index < -0.39 is 0 Å². The molecule has 1 fully saturated rings. The van der Waals surface area contributed by atoms with Gasteiger partial charge < -0.3 is 20.3 Å². The zero-order valence-corrected chi connectivity index (χ0v) is 18.8. The summed E-state index contributed by atoms with van der Waals surface area (Å²) in [7, 11) is 0. The second-order valence-corrected chi connectivity index (χ2v) is 7.89. The molecule has 2 heterocycles. The Balaban J connectivity index is 1.62. The smallest absolute Gasteiger partial charge is 0.156 e. The maximum atomic E-state index is 5.65. The van der Waals surface area contributed by atoms with Crippen LogP contribution in [0.5, 0.6) is 0 Å². The van der Waals surface area contributed by atoms with Crippen molar-refractivity contribution in [3.05, 3.63) is 96.2 Å². The molecular weight excluding hydrogens is 424 g/mol. The first kappa shape index (κ1) is 21.6. The molecule has 0 bridgehead atoms. The highest BCUT2D eigenvalue weighted by atomic mass is 16.5. The number of anilines is 5. The molecule has 2 N–H and O–H groups in total. The third kappa shape index (κ3) is 5.22. The molecular formula is C27H26N6O. The first-order chi connectivity index (χ1) is 16.9. The number of nitrogens with one attached hydrogen (secondary N) is 2. The van der Waals surface area contributed by atoms with Crippen molar-refractivity contribution >= 4 is 40.7 Å². The van der Waals surface area contributed by atoms with Crippen molar-refractivity contribution in [2.45, 2.75) is 0 Å². The van der Waals surface area contributed by atoms with Crippen LogP contribution in [-0.4, -0.2) is 41.7 Å². The number of aromatic nitrogens is 3. The normalized spacial score (nSPS) is 13.7. The molecule has 0 spiro atoms. The molecule has 1 saturated heterocycles. The highest BCUT2D eigenvalue weighted by molar-refractivity contribution is 5.94. The number of ether oxygens (including phenoxy) is 1. The Morgan fingerprint density at radius 2 is 1.56 bits per heavy atom. The van der Waals surface area contributed by atoms with Gasteiger partial charge in [-0.3, -0.25) is 0 Å². The van der Waals surface area contributed by atoms with Crippen molar-refractivity contribution in [1.82, 2.24) is 15.4 Å². The monoisotopic (exact) mass is 450 g/mol. The second-order valence-electron chi connectivity index (χ2n) is 7.89. The van der Waals surface area contributed by atoms with Gasteiger partial charge in [-0.15, -0.1) is 10.2 Å². The lowest BCUT2D eigenvalue weighted by Crippen LogP contribution is -2.37. The van der Waals surface area contributed by atoms with Crippen LogP contribution >= 0.6 is 0 Å². The summed E-state index contributed by atoms with van der Waals surface area (Å²) in [4.78, 5) is 2.35. The number of nitrogens with zero attached hydrogens (tertiary/aromatic N) is 4. The predicted molar refractivity (Wildman–Crippen MR) is 138 cm³/mol. The summed E-state index contributed by atoms with van der Waals surface area (Å²) in [5.74, 6) is 0.635. The zero-order chi connectivity index (χ0) is 23.0. The Labute approximate surface area is 199 Å².